The van der Waals surface area contributed by atoms with Crippen LogP contribution in [0.5, 0.6) is 0 Å². The number of rotatable bonds is 3. The molecule has 0 fully saturated rings. The molecule has 3 aromatic rings. The molecule has 0 amide bonds. The van der Waals surface area contributed by atoms with Crippen molar-refractivity contribution in [2.75, 3.05) is 0 Å². The van der Waals surface area contributed by atoms with Crippen LogP contribution in [-0.4, -0.2) is 20.6 Å². The highest BCUT2D eigenvalue weighted by atomic mass is 32.1. The van der Waals surface area contributed by atoms with E-state index in [1.165, 1.54) is 22.0 Å². The highest BCUT2D eigenvalue weighted by Crippen LogP contribution is 2.22. The van der Waals surface area contributed by atoms with Crippen LogP contribution in [0.4, 0.5) is 0 Å². The molecule has 0 atom stereocenters. The number of aromatic carboxylic acids is 1. The van der Waals surface area contributed by atoms with Crippen molar-refractivity contribution in [1.82, 2.24) is 9.55 Å². The molecule has 1 aromatic carbocycles. The Labute approximate surface area is 124 Å². The summed E-state index contributed by atoms with van der Waals surface area (Å²) < 4.78 is 2.49. The maximum absolute atomic E-state index is 12.2. The number of aromatic nitrogens is 2. The lowest BCUT2D eigenvalue weighted by atomic mass is 10.2. The van der Waals surface area contributed by atoms with Gasteiger partial charge in [0.05, 0.1) is 16.8 Å². The van der Waals surface area contributed by atoms with Gasteiger partial charge in [0.15, 0.2) is 0 Å². The van der Waals surface area contributed by atoms with Crippen molar-refractivity contribution in [3.05, 3.63) is 63.0 Å². The van der Waals surface area contributed by atoms with Crippen LogP contribution < -0.4 is 5.56 Å². The number of carbonyl (C=O) groups is 1. The second-order valence-corrected chi connectivity index (χ2v) is 5.78. The summed E-state index contributed by atoms with van der Waals surface area (Å²) in [5.74, 6) is -1.21. The second kappa shape index (κ2) is 5.14. The van der Waals surface area contributed by atoms with Crippen LogP contribution in [0.15, 0.2) is 41.2 Å². The first kappa shape index (κ1) is 13.5. The van der Waals surface area contributed by atoms with Gasteiger partial charge in [0.25, 0.3) is 5.56 Å². The summed E-state index contributed by atoms with van der Waals surface area (Å²) in [5.41, 5.74) is 0.880. The molecule has 0 spiro atoms. The first-order chi connectivity index (χ1) is 10.1. The number of carboxylic acids is 1. The molecule has 106 valence electrons. The van der Waals surface area contributed by atoms with Gasteiger partial charge in [-0.1, -0.05) is 12.1 Å². The van der Waals surface area contributed by atoms with Crippen molar-refractivity contribution >= 4 is 27.5 Å². The molecular weight excluding hydrogens is 288 g/mol. The standard InChI is InChI=1S/C15H12N2O3S/c1-9-6-7-10(15(19)20)14(18)17(9)8-13-16-11-4-2-3-5-12(11)21-13/h2-7H,8H2,1H3,(H,19,20). The molecule has 0 radical (unpaired) electrons. The molecule has 2 aromatic heterocycles. The Kier molecular flexibility index (Phi) is 3.31. The maximum atomic E-state index is 12.2. The zero-order chi connectivity index (χ0) is 15.0. The van der Waals surface area contributed by atoms with E-state index in [0.29, 0.717) is 5.69 Å². The van der Waals surface area contributed by atoms with Crippen LogP contribution in [0.25, 0.3) is 10.2 Å². The molecule has 6 heteroatoms. The fourth-order valence-corrected chi connectivity index (χ4v) is 3.11. The van der Waals surface area contributed by atoms with Crippen LogP contribution in [0, 0.1) is 6.92 Å². The van der Waals surface area contributed by atoms with Crippen molar-refractivity contribution in [2.45, 2.75) is 13.5 Å². The minimum atomic E-state index is -1.21. The monoisotopic (exact) mass is 300 g/mol. The van der Waals surface area contributed by atoms with Gasteiger partial charge in [0.2, 0.25) is 0 Å². The zero-order valence-corrected chi connectivity index (χ0v) is 12.1. The lowest BCUT2D eigenvalue weighted by Crippen LogP contribution is -2.28. The van der Waals surface area contributed by atoms with Gasteiger partial charge in [0.1, 0.15) is 10.6 Å². The van der Waals surface area contributed by atoms with Crippen LogP contribution in [-0.2, 0) is 6.54 Å². The lowest BCUT2D eigenvalue weighted by Gasteiger charge is -2.08. The first-order valence-corrected chi connectivity index (χ1v) is 7.16. The number of thiazole rings is 1. The summed E-state index contributed by atoms with van der Waals surface area (Å²) in [5, 5.41) is 9.82. The van der Waals surface area contributed by atoms with E-state index in [4.69, 9.17) is 5.11 Å². The Balaban J connectivity index is 2.07. The van der Waals surface area contributed by atoms with Gasteiger partial charge in [-0.15, -0.1) is 11.3 Å². The van der Waals surface area contributed by atoms with Crippen molar-refractivity contribution in [3.8, 4) is 0 Å². The summed E-state index contributed by atoms with van der Waals surface area (Å²) >= 11 is 1.51. The third kappa shape index (κ3) is 2.45. The summed E-state index contributed by atoms with van der Waals surface area (Å²) in [7, 11) is 0. The van der Waals surface area contributed by atoms with E-state index in [2.05, 4.69) is 4.98 Å². The fraction of sp³-hybridized carbons (Fsp3) is 0.133. The molecule has 0 bridgehead atoms. The molecule has 3 rings (SSSR count). The number of aryl methyl sites for hydroxylation is 1. The Morgan fingerprint density at radius 3 is 2.76 bits per heavy atom. The van der Waals surface area contributed by atoms with E-state index < -0.39 is 11.5 Å². The van der Waals surface area contributed by atoms with Crippen molar-refractivity contribution in [2.24, 2.45) is 0 Å². The number of pyridine rings is 1. The minimum absolute atomic E-state index is 0.221. The van der Waals surface area contributed by atoms with E-state index in [1.54, 1.807) is 13.0 Å². The molecule has 21 heavy (non-hydrogen) atoms. The third-order valence-electron chi connectivity index (χ3n) is 3.25. The Morgan fingerprint density at radius 1 is 1.29 bits per heavy atom. The molecular formula is C15H12N2O3S. The molecule has 0 unspecified atom stereocenters. The van der Waals surface area contributed by atoms with Gasteiger partial charge >= 0.3 is 5.97 Å². The van der Waals surface area contributed by atoms with Gasteiger partial charge in [0, 0.05) is 5.69 Å². The quantitative estimate of drug-likeness (QED) is 0.806. The molecule has 2 heterocycles. The lowest BCUT2D eigenvalue weighted by molar-refractivity contribution is 0.0694. The molecule has 0 aliphatic rings. The number of hydrogen-bond donors (Lipinski definition) is 1. The largest absolute Gasteiger partial charge is 0.477 e. The van der Waals surface area contributed by atoms with E-state index in [9.17, 15) is 9.59 Å². The third-order valence-corrected chi connectivity index (χ3v) is 4.28. The minimum Gasteiger partial charge on any atom is -0.477 e. The number of benzene rings is 1. The average molecular weight is 300 g/mol. The van der Waals surface area contributed by atoms with Gasteiger partial charge in [-0.05, 0) is 31.2 Å². The van der Waals surface area contributed by atoms with Crippen LogP contribution >= 0.6 is 11.3 Å². The van der Waals surface area contributed by atoms with Gasteiger partial charge in [-0.25, -0.2) is 9.78 Å². The van der Waals surface area contributed by atoms with Gasteiger partial charge in [-0.3, -0.25) is 4.79 Å². The Bertz CT molecular complexity index is 862. The smallest absolute Gasteiger partial charge is 0.341 e. The number of carboxylic acid groups (broad SMARTS) is 1. The van der Waals surface area contributed by atoms with Crippen LogP contribution in [0.1, 0.15) is 21.1 Å². The highest BCUT2D eigenvalue weighted by molar-refractivity contribution is 7.18. The normalized spacial score (nSPS) is 10.9. The molecule has 1 N–H and O–H groups in total. The average Bonchev–Trinajstić information content (AvgIpc) is 2.85. The first-order valence-electron chi connectivity index (χ1n) is 6.34. The SMILES string of the molecule is Cc1ccc(C(=O)O)c(=O)n1Cc1nc2ccccc2s1. The van der Waals surface area contributed by atoms with Crippen LogP contribution in [0.3, 0.4) is 0 Å². The maximum Gasteiger partial charge on any atom is 0.341 e. The Morgan fingerprint density at radius 2 is 2.05 bits per heavy atom. The molecule has 5 nitrogen and oxygen atoms in total. The summed E-state index contributed by atoms with van der Waals surface area (Å²) in [4.78, 5) is 27.7. The topological polar surface area (TPSA) is 72.2 Å². The van der Waals surface area contributed by atoms with Crippen molar-refractivity contribution in [1.29, 1.82) is 0 Å². The number of fused-ring (bicyclic) bond motifs is 1. The Hall–Kier alpha value is -2.47. The second-order valence-electron chi connectivity index (χ2n) is 4.66. The van der Waals surface area contributed by atoms with E-state index >= 15 is 0 Å². The van der Waals surface area contributed by atoms with Crippen molar-refractivity contribution in [3.63, 3.8) is 0 Å². The van der Waals surface area contributed by atoms with Gasteiger partial charge < -0.3 is 9.67 Å². The number of nitrogens with zero attached hydrogens (tertiary/aromatic N) is 2. The molecule has 0 saturated carbocycles. The fourth-order valence-electron chi connectivity index (χ4n) is 2.15. The van der Waals surface area contributed by atoms with Crippen LogP contribution in [0.2, 0.25) is 0 Å². The summed E-state index contributed by atoms with van der Waals surface area (Å²) in [6.45, 7) is 2.06. The van der Waals surface area contributed by atoms with E-state index in [0.717, 1.165) is 15.2 Å². The van der Waals surface area contributed by atoms with E-state index in [1.807, 2.05) is 24.3 Å². The zero-order valence-electron chi connectivity index (χ0n) is 11.2. The highest BCUT2D eigenvalue weighted by Gasteiger charge is 2.14. The molecule has 0 aliphatic carbocycles. The predicted molar refractivity (Wildman–Crippen MR) is 81.1 cm³/mol. The van der Waals surface area contributed by atoms with E-state index in [-0.39, 0.29) is 12.1 Å². The summed E-state index contributed by atoms with van der Waals surface area (Å²) in [6.07, 6.45) is 0. The van der Waals surface area contributed by atoms with Crippen molar-refractivity contribution < 1.29 is 9.90 Å². The predicted octanol–water partition coefficient (Wildman–Crippen LogP) is 2.51. The van der Waals surface area contributed by atoms with Gasteiger partial charge in [-0.2, -0.15) is 0 Å². The number of para-hydroxylation sites is 1. The molecule has 0 aliphatic heterocycles. The summed E-state index contributed by atoms with van der Waals surface area (Å²) in [6, 6.07) is 10.7. The number of hydrogen-bond acceptors (Lipinski definition) is 4. The molecule has 0 saturated heterocycles.